The molecule has 0 N–H and O–H groups in total. The largest absolute Gasteiger partial charge is 0.104 e. The van der Waals surface area contributed by atoms with Crippen LogP contribution in [0, 0.1) is 0 Å². The average Bonchev–Trinajstić information content (AvgIpc) is 2.62. The predicted molar refractivity (Wildman–Crippen MR) is 101 cm³/mol. The predicted octanol–water partition coefficient (Wildman–Crippen LogP) is 4.89. The van der Waals surface area contributed by atoms with Gasteiger partial charge in [0.15, 0.2) is 0 Å². The van der Waals surface area contributed by atoms with Gasteiger partial charge in [-0.1, -0.05) is 98.4 Å². The highest BCUT2D eigenvalue weighted by Crippen LogP contribution is 2.41. The molecule has 0 radical (unpaired) electrons. The normalized spacial score (nSPS) is 11.8. The second kappa shape index (κ2) is 7.05. The lowest BCUT2D eigenvalue weighted by Gasteiger charge is -2.35. The molecule has 0 saturated heterocycles. The summed E-state index contributed by atoms with van der Waals surface area (Å²) >= 11 is 5.48. The van der Waals surface area contributed by atoms with Crippen molar-refractivity contribution in [3.8, 4) is 0 Å². The van der Waals surface area contributed by atoms with Gasteiger partial charge in [-0.05, 0) is 22.9 Å². The lowest BCUT2D eigenvalue weighted by atomic mass is 9.71. The van der Waals surface area contributed by atoms with Crippen LogP contribution in [0.2, 0.25) is 0 Å². The van der Waals surface area contributed by atoms with E-state index < -0.39 is 0 Å². The van der Waals surface area contributed by atoms with Gasteiger partial charge >= 0.3 is 0 Å². The second-order valence-electron chi connectivity index (χ2n) is 5.37. The Labute approximate surface area is 138 Å². The lowest BCUT2D eigenvalue weighted by Crippen LogP contribution is -2.31. The Balaban J connectivity index is 2.31. The minimum Gasteiger partial charge on any atom is -0.104 e. The van der Waals surface area contributed by atoms with Crippen LogP contribution in [-0.4, -0.2) is 6.16 Å². The van der Waals surface area contributed by atoms with E-state index in [0.29, 0.717) is 0 Å². The zero-order chi connectivity index (χ0) is 15.3. The first-order valence-corrected chi connectivity index (χ1v) is 10.2. The smallest absolute Gasteiger partial charge is 0.0492 e. The lowest BCUT2D eigenvalue weighted by molar-refractivity contribution is 0.705. The minimum absolute atomic E-state index is 0.0346. The van der Waals surface area contributed by atoms with Crippen LogP contribution in [0.1, 0.15) is 16.7 Å². The summed E-state index contributed by atoms with van der Waals surface area (Å²) in [4.78, 5) is 0. The van der Waals surface area contributed by atoms with E-state index in [4.69, 9.17) is 11.8 Å². The third-order valence-electron chi connectivity index (χ3n) is 4.19. The molecular weight excluding hydrogens is 303 g/mol. The van der Waals surface area contributed by atoms with Crippen molar-refractivity contribution in [3.05, 3.63) is 108 Å². The molecule has 0 aromatic heterocycles. The summed E-state index contributed by atoms with van der Waals surface area (Å²) in [5.41, 5.74) is 3.83. The topological polar surface area (TPSA) is 0 Å². The Bertz CT molecular complexity index is 627. The van der Waals surface area contributed by atoms with Gasteiger partial charge in [-0.2, -0.15) is 0 Å². The fourth-order valence-electron chi connectivity index (χ4n) is 3.15. The van der Waals surface area contributed by atoms with Gasteiger partial charge in [-0.15, -0.1) is 11.8 Å². The molecule has 1 unspecified atom stereocenters. The van der Waals surface area contributed by atoms with Gasteiger partial charge in [0.1, 0.15) is 0 Å². The van der Waals surface area contributed by atoms with Gasteiger partial charge in [-0.25, -0.2) is 0 Å². The van der Waals surface area contributed by atoms with Crippen molar-refractivity contribution in [2.45, 2.75) is 5.41 Å². The van der Waals surface area contributed by atoms with E-state index in [9.17, 15) is 0 Å². The summed E-state index contributed by atoms with van der Waals surface area (Å²) < 4.78 is 0. The fraction of sp³-hybridized carbons (Fsp3) is 0.100. The molecule has 3 aromatic rings. The van der Waals surface area contributed by atoms with Crippen molar-refractivity contribution in [3.63, 3.8) is 0 Å². The number of hydrogen-bond donors (Lipinski definition) is 0. The maximum atomic E-state index is 5.48. The molecule has 0 aliphatic heterocycles. The van der Waals surface area contributed by atoms with Crippen LogP contribution in [0.25, 0.3) is 0 Å². The zero-order valence-electron chi connectivity index (χ0n) is 12.4. The first-order chi connectivity index (χ1) is 10.9. The quantitative estimate of drug-likeness (QED) is 0.476. The highest BCUT2D eigenvalue weighted by molar-refractivity contribution is 7.96. The van der Waals surface area contributed by atoms with Crippen LogP contribution >= 0.6 is 7.36 Å². The molecule has 110 valence electrons. The van der Waals surface area contributed by atoms with Crippen LogP contribution in [0.15, 0.2) is 91.0 Å². The SMILES string of the molecule is S=[PH2]CC(c1ccccc1)(c1ccccc1)c1ccccc1. The molecule has 0 heterocycles. The summed E-state index contributed by atoms with van der Waals surface area (Å²) in [6, 6.07) is 32.3. The monoisotopic (exact) mass is 322 g/mol. The molecule has 0 bridgehead atoms. The molecule has 22 heavy (non-hydrogen) atoms. The molecule has 0 saturated carbocycles. The zero-order valence-corrected chi connectivity index (χ0v) is 14.3. The molecular formula is C20H19PS. The van der Waals surface area contributed by atoms with E-state index in [2.05, 4.69) is 91.0 Å². The van der Waals surface area contributed by atoms with Gasteiger partial charge in [0.25, 0.3) is 0 Å². The fourth-order valence-corrected chi connectivity index (χ4v) is 4.85. The molecule has 1 atom stereocenters. The Kier molecular flexibility index (Phi) is 4.87. The molecule has 0 fully saturated rings. The maximum Gasteiger partial charge on any atom is 0.0492 e. The number of rotatable bonds is 5. The molecule has 0 amide bonds. The first-order valence-electron chi connectivity index (χ1n) is 7.48. The Morgan fingerprint density at radius 2 is 0.909 bits per heavy atom. The van der Waals surface area contributed by atoms with Gasteiger partial charge < -0.3 is 0 Å². The van der Waals surface area contributed by atoms with Crippen LogP contribution in [0.3, 0.4) is 0 Å². The molecule has 0 spiro atoms. The average molecular weight is 322 g/mol. The highest BCUT2D eigenvalue weighted by Gasteiger charge is 2.34. The number of benzene rings is 3. The second-order valence-corrected chi connectivity index (χ2v) is 7.12. The summed E-state index contributed by atoms with van der Waals surface area (Å²) in [5, 5.41) is 0. The molecule has 0 aliphatic rings. The molecule has 3 aromatic carbocycles. The Morgan fingerprint density at radius 1 is 0.591 bits per heavy atom. The number of hydrogen-bond acceptors (Lipinski definition) is 1. The van der Waals surface area contributed by atoms with E-state index in [1.807, 2.05) is 0 Å². The summed E-state index contributed by atoms with van der Waals surface area (Å²) in [6.45, 7) is 0. The van der Waals surface area contributed by atoms with E-state index in [0.717, 1.165) is 6.16 Å². The molecule has 0 nitrogen and oxygen atoms in total. The van der Waals surface area contributed by atoms with E-state index in [1.54, 1.807) is 0 Å². The third-order valence-corrected chi connectivity index (χ3v) is 5.47. The molecule has 0 aliphatic carbocycles. The van der Waals surface area contributed by atoms with Gasteiger partial charge in [0.05, 0.1) is 0 Å². The van der Waals surface area contributed by atoms with E-state index in [-0.39, 0.29) is 12.8 Å². The van der Waals surface area contributed by atoms with Crippen LogP contribution < -0.4 is 0 Å². The van der Waals surface area contributed by atoms with Crippen LogP contribution in [-0.2, 0) is 17.2 Å². The van der Waals surface area contributed by atoms with Crippen molar-refractivity contribution in [2.75, 3.05) is 6.16 Å². The minimum atomic E-state index is -0.138. The van der Waals surface area contributed by atoms with Crippen molar-refractivity contribution in [1.29, 1.82) is 0 Å². The summed E-state index contributed by atoms with van der Waals surface area (Å²) in [6.07, 6.45) is 1.00. The summed E-state index contributed by atoms with van der Waals surface area (Å²) in [7, 11) is -0.0346. The molecule has 2 heteroatoms. The van der Waals surface area contributed by atoms with Gasteiger partial charge in [-0.3, -0.25) is 0 Å². The van der Waals surface area contributed by atoms with Gasteiger partial charge in [0.2, 0.25) is 0 Å². The standard InChI is InChI=1S/C20H19PS/c22-21-16-20(17-10-4-1-5-11-17,18-12-6-2-7-13-18)19-14-8-3-9-15-19/h1-15H,16,21H2. The first kappa shape index (κ1) is 15.2. The highest BCUT2D eigenvalue weighted by atomic mass is 32.4. The van der Waals surface area contributed by atoms with E-state index in [1.165, 1.54) is 16.7 Å². The molecule has 3 rings (SSSR count). The Morgan fingerprint density at radius 3 is 1.18 bits per heavy atom. The van der Waals surface area contributed by atoms with Crippen LogP contribution in [0.4, 0.5) is 0 Å². The van der Waals surface area contributed by atoms with Crippen molar-refractivity contribution >= 4 is 19.2 Å². The van der Waals surface area contributed by atoms with Crippen LogP contribution in [0.5, 0.6) is 0 Å². The van der Waals surface area contributed by atoms with Gasteiger partial charge in [0, 0.05) is 5.41 Å². The summed E-state index contributed by atoms with van der Waals surface area (Å²) in [5.74, 6) is 0. The third kappa shape index (κ3) is 2.79. The van der Waals surface area contributed by atoms with Crippen molar-refractivity contribution in [1.82, 2.24) is 0 Å². The van der Waals surface area contributed by atoms with Crippen molar-refractivity contribution < 1.29 is 0 Å². The Hall–Kier alpha value is -1.69. The van der Waals surface area contributed by atoms with Crippen molar-refractivity contribution in [2.24, 2.45) is 0 Å². The van der Waals surface area contributed by atoms with E-state index >= 15 is 0 Å². The maximum absolute atomic E-state index is 5.48.